The van der Waals surface area contributed by atoms with E-state index in [-0.39, 0.29) is 22.4 Å². The Hall–Kier alpha value is -3.44. The summed E-state index contributed by atoms with van der Waals surface area (Å²) in [6.07, 6.45) is 3.25. The molecule has 2 atom stereocenters. The van der Waals surface area contributed by atoms with E-state index in [9.17, 15) is 9.00 Å². The summed E-state index contributed by atoms with van der Waals surface area (Å²) in [6, 6.07) is 7.65. The van der Waals surface area contributed by atoms with Gasteiger partial charge < -0.3 is 14.8 Å². The molecule has 4 N–H and O–H groups in total. The molecule has 0 saturated heterocycles. The SMILES string of the molecule is COc1cc(-c2ccc3c(c2NC(=O)c2nn4c(c2S(=N)(N)=O)OCCC4)C(C)C3)ccn1. The van der Waals surface area contributed by atoms with Gasteiger partial charge in [-0.25, -0.2) is 23.8 Å². The lowest BCUT2D eigenvalue weighted by atomic mass is 9.76. The molecular weight excluding hydrogens is 444 g/mol. The van der Waals surface area contributed by atoms with Crippen molar-refractivity contribution in [1.29, 1.82) is 4.78 Å². The minimum absolute atomic E-state index is 0.127. The number of carbonyl (C=O) groups is 1. The maximum Gasteiger partial charge on any atom is 0.277 e. The molecule has 2 aromatic heterocycles. The maximum atomic E-state index is 13.5. The zero-order valence-corrected chi connectivity index (χ0v) is 19.1. The topological polar surface area (TPSA) is 145 Å². The number of anilines is 1. The number of methoxy groups -OCH3 is 1. The Morgan fingerprint density at radius 3 is 2.94 bits per heavy atom. The van der Waals surface area contributed by atoms with Crippen LogP contribution in [0.5, 0.6) is 11.8 Å². The highest BCUT2D eigenvalue weighted by atomic mass is 32.2. The van der Waals surface area contributed by atoms with Crippen LogP contribution in [0.3, 0.4) is 0 Å². The number of benzene rings is 1. The first-order valence-electron chi connectivity index (χ1n) is 10.6. The van der Waals surface area contributed by atoms with Crippen molar-refractivity contribution >= 4 is 21.5 Å². The third-order valence-electron chi connectivity index (χ3n) is 5.98. The second-order valence-corrected chi connectivity index (χ2v) is 9.83. The number of carbonyl (C=O) groups excluding carboxylic acids is 1. The third-order valence-corrected chi connectivity index (χ3v) is 6.96. The lowest BCUT2D eigenvalue weighted by molar-refractivity contribution is 0.101. The Morgan fingerprint density at radius 2 is 2.21 bits per heavy atom. The number of pyridine rings is 1. The number of aryl methyl sites for hydroxylation is 1. The molecule has 1 amide bonds. The Labute approximate surface area is 191 Å². The van der Waals surface area contributed by atoms with Crippen molar-refractivity contribution in [2.24, 2.45) is 5.14 Å². The van der Waals surface area contributed by atoms with E-state index < -0.39 is 15.8 Å². The fourth-order valence-corrected chi connectivity index (χ4v) is 5.31. The zero-order chi connectivity index (χ0) is 23.3. The summed E-state index contributed by atoms with van der Waals surface area (Å²) < 4.78 is 32.8. The standard InChI is InChI=1S/C22H24N6O4S/c1-12-10-14-4-5-15(13-6-7-25-16(11-13)31-2)18(17(12)14)26-21(29)19-20(33(23,24)30)22-28(27-19)8-3-9-32-22/h4-7,11-12H,3,8-10H2,1-2H3,(H,26,29)(H3,23,24,30). The van der Waals surface area contributed by atoms with E-state index in [1.54, 1.807) is 19.4 Å². The number of ether oxygens (including phenoxy) is 2. The number of fused-ring (bicyclic) bond motifs is 2. The summed E-state index contributed by atoms with van der Waals surface area (Å²) in [4.78, 5) is 17.4. The first kappa shape index (κ1) is 21.4. The van der Waals surface area contributed by atoms with E-state index in [0.717, 1.165) is 28.7 Å². The summed E-state index contributed by atoms with van der Waals surface area (Å²) in [5, 5.41) is 12.9. The van der Waals surface area contributed by atoms with E-state index >= 15 is 0 Å². The Kier molecular flexibility index (Phi) is 5.09. The normalized spacial score (nSPS) is 18.2. The van der Waals surface area contributed by atoms with Gasteiger partial charge in [0, 0.05) is 30.8 Å². The molecule has 172 valence electrons. The molecule has 5 rings (SSSR count). The number of hydrogen-bond donors (Lipinski definition) is 3. The average molecular weight is 469 g/mol. The van der Waals surface area contributed by atoms with Crippen LogP contribution >= 0.6 is 0 Å². The highest BCUT2D eigenvalue weighted by Gasteiger charge is 2.33. The predicted molar refractivity (Wildman–Crippen MR) is 122 cm³/mol. The summed E-state index contributed by atoms with van der Waals surface area (Å²) in [5.41, 5.74) is 4.31. The third kappa shape index (κ3) is 3.62. The molecule has 1 aliphatic heterocycles. The van der Waals surface area contributed by atoms with Crippen LogP contribution in [0.15, 0.2) is 35.4 Å². The summed E-state index contributed by atoms with van der Waals surface area (Å²) in [5.74, 6) is 0.254. The highest BCUT2D eigenvalue weighted by molar-refractivity contribution is 7.90. The van der Waals surface area contributed by atoms with Crippen molar-refractivity contribution in [1.82, 2.24) is 14.8 Å². The largest absolute Gasteiger partial charge is 0.481 e. The number of hydrogen-bond acceptors (Lipinski definition) is 7. The lowest BCUT2D eigenvalue weighted by Gasteiger charge is -2.31. The Balaban J connectivity index is 1.62. The average Bonchev–Trinajstić information content (AvgIpc) is 3.18. The molecule has 1 aromatic carbocycles. The van der Waals surface area contributed by atoms with Crippen molar-refractivity contribution in [3.05, 3.63) is 47.3 Å². The van der Waals surface area contributed by atoms with Gasteiger partial charge in [0.25, 0.3) is 5.91 Å². The van der Waals surface area contributed by atoms with Crippen molar-refractivity contribution in [3.8, 4) is 22.9 Å². The smallest absolute Gasteiger partial charge is 0.277 e. The lowest BCUT2D eigenvalue weighted by Crippen LogP contribution is -2.23. The van der Waals surface area contributed by atoms with Gasteiger partial charge in [-0.1, -0.05) is 19.1 Å². The van der Waals surface area contributed by atoms with Crippen molar-refractivity contribution in [2.75, 3.05) is 19.0 Å². The molecule has 10 nitrogen and oxygen atoms in total. The number of rotatable bonds is 5. The first-order valence-corrected chi connectivity index (χ1v) is 12.2. The van der Waals surface area contributed by atoms with Crippen molar-refractivity contribution in [2.45, 2.75) is 37.1 Å². The zero-order valence-electron chi connectivity index (χ0n) is 18.3. The molecule has 0 radical (unpaired) electrons. The van der Waals surface area contributed by atoms with Gasteiger partial charge in [-0.3, -0.25) is 4.79 Å². The van der Waals surface area contributed by atoms with E-state index in [1.165, 1.54) is 4.68 Å². The molecule has 0 spiro atoms. The van der Waals surface area contributed by atoms with Gasteiger partial charge in [-0.15, -0.1) is 0 Å². The number of nitrogens with two attached hydrogens (primary N) is 1. The maximum absolute atomic E-state index is 13.5. The number of nitrogens with one attached hydrogen (secondary N) is 2. The van der Waals surface area contributed by atoms with Crippen LogP contribution < -0.4 is 19.9 Å². The van der Waals surface area contributed by atoms with Crippen molar-refractivity contribution < 1.29 is 18.5 Å². The van der Waals surface area contributed by atoms with E-state index in [1.807, 2.05) is 12.1 Å². The number of aromatic nitrogens is 3. The predicted octanol–water partition coefficient (Wildman–Crippen LogP) is 2.93. The van der Waals surface area contributed by atoms with Gasteiger partial charge in [0.1, 0.15) is 9.92 Å². The molecular formula is C22H24N6O4S. The van der Waals surface area contributed by atoms with E-state index in [2.05, 4.69) is 28.4 Å². The van der Waals surface area contributed by atoms with E-state index in [4.69, 9.17) is 19.4 Å². The number of nitrogens with zero attached hydrogens (tertiary/aromatic N) is 3. The minimum atomic E-state index is -3.75. The molecule has 0 saturated carbocycles. The minimum Gasteiger partial charge on any atom is -0.481 e. The van der Waals surface area contributed by atoms with Crippen LogP contribution in [0.25, 0.3) is 11.1 Å². The molecule has 1 aliphatic carbocycles. The molecule has 3 heterocycles. The van der Waals surface area contributed by atoms with Crippen LogP contribution in [0, 0.1) is 4.78 Å². The van der Waals surface area contributed by atoms with Gasteiger partial charge >= 0.3 is 0 Å². The summed E-state index contributed by atoms with van der Waals surface area (Å²) >= 11 is 0. The number of amides is 1. The van der Waals surface area contributed by atoms with Crippen molar-refractivity contribution in [3.63, 3.8) is 0 Å². The van der Waals surface area contributed by atoms with Gasteiger partial charge in [0.2, 0.25) is 11.8 Å². The van der Waals surface area contributed by atoms with Gasteiger partial charge in [0.05, 0.1) is 19.4 Å². The van der Waals surface area contributed by atoms with Gasteiger partial charge in [0.15, 0.2) is 10.6 Å². The molecule has 33 heavy (non-hydrogen) atoms. The van der Waals surface area contributed by atoms with Crippen LogP contribution in [0.1, 0.15) is 40.9 Å². The fraction of sp³-hybridized carbons (Fsp3) is 0.318. The van der Waals surface area contributed by atoms with E-state index in [0.29, 0.717) is 31.1 Å². The quantitative estimate of drug-likeness (QED) is 0.525. The molecule has 0 bridgehead atoms. The fourth-order valence-electron chi connectivity index (χ4n) is 4.47. The van der Waals surface area contributed by atoms with Crippen LogP contribution in [0.4, 0.5) is 5.69 Å². The van der Waals surface area contributed by atoms with Gasteiger partial charge in [-0.2, -0.15) is 5.10 Å². The molecule has 0 fully saturated rings. The molecule has 11 heteroatoms. The molecule has 2 aliphatic rings. The molecule has 3 aromatic rings. The Morgan fingerprint density at radius 1 is 1.39 bits per heavy atom. The second kappa shape index (κ2) is 7.85. The summed E-state index contributed by atoms with van der Waals surface area (Å²) in [6.45, 7) is 2.97. The monoisotopic (exact) mass is 468 g/mol. The second-order valence-electron chi connectivity index (χ2n) is 8.22. The first-order chi connectivity index (χ1) is 15.8. The van der Waals surface area contributed by atoms with Crippen LogP contribution in [-0.4, -0.2) is 38.6 Å². The van der Waals surface area contributed by atoms with Crippen LogP contribution in [-0.2, 0) is 22.9 Å². The summed E-state index contributed by atoms with van der Waals surface area (Å²) in [7, 11) is -2.20. The molecule has 2 unspecified atom stereocenters. The van der Waals surface area contributed by atoms with Gasteiger partial charge in [-0.05, 0) is 35.1 Å². The highest BCUT2D eigenvalue weighted by Crippen LogP contribution is 2.45. The Bertz CT molecular complexity index is 1380. The van der Waals surface area contributed by atoms with Crippen LogP contribution in [0.2, 0.25) is 0 Å².